The van der Waals surface area contributed by atoms with Gasteiger partial charge in [-0.15, -0.1) is 0 Å². The Balaban J connectivity index is 1.18. The highest BCUT2D eigenvalue weighted by Crippen LogP contribution is 2.37. The van der Waals surface area contributed by atoms with Crippen molar-refractivity contribution in [1.29, 1.82) is 0 Å². The molecule has 2 unspecified atom stereocenters. The maximum absolute atomic E-state index is 11.0. The third kappa shape index (κ3) is 11.7. The molecule has 0 radical (unpaired) electrons. The van der Waals surface area contributed by atoms with Crippen LogP contribution in [0, 0.1) is 0 Å². The van der Waals surface area contributed by atoms with Gasteiger partial charge in [0.25, 0.3) is 0 Å². The van der Waals surface area contributed by atoms with Gasteiger partial charge in [-0.2, -0.15) is 0 Å². The molecule has 314 valence electrons. The van der Waals surface area contributed by atoms with E-state index in [0.717, 1.165) is 55.6 Å². The Labute approximate surface area is 352 Å². The van der Waals surface area contributed by atoms with E-state index >= 15 is 0 Å². The lowest BCUT2D eigenvalue weighted by Gasteiger charge is -2.22. The van der Waals surface area contributed by atoms with Crippen molar-refractivity contribution in [3.8, 4) is 56.4 Å². The van der Waals surface area contributed by atoms with Crippen molar-refractivity contribution in [3.63, 3.8) is 0 Å². The Hall–Kier alpha value is -5.72. The average molecular weight is 815 g/mol. The fourth-order valence-electron chi connectivity index (χ4n) is 6.99. The summed E-state index contributed by atoms with van der Waals surface area (Å²) in [5.41, 5.74) is 8.83. The summed E-state index contributed by atoms with van der Waals surface area (Å²) in [5.74, 6) is 2.50. The lowest BCUT2D eigenvalue weighted by atomic mass is 9.95. The highest BCUT2D eigenvalue weighted by molar-refractivity contribution is 5.72. The van der Waals surface area contributed by atoms with Gasteiger partial charge in [0.05, 0.1) is 26.4 Å². The first-order valence-corrected chi connectivity index (χ1v) is 19.9. The predicted molar refractivity (Wildman–Crippen MR) is 232 cm³/mol. The molecule has 0 heterocycles. The van der Waals surface area contributed by atoms with Crippen LogP contribution in [-0.4, -0.2) is 77.3 Å². The maximum Gasteiger partial charge on any atom is 0.130 e. The first-order chi connectivity index (χ1) is 29.4. The van der Waals surface area contributed by atoms with Crippen LogP contribution in [0.2, 0.25) is 0 Å². The first-order valence-electron chi connectivity index (χ1n) is 19.9. The lowest BCUT2D eigenvalue weighted by Crippen LogP contribution is -2.26. The highest BCUT2D eigenvalue weighted by atomic mass is 16.5. The molecule has 0 bridgehead atoms. The molecule has 0 aliphatic heterocycles. The number of aliphatic hydroxyl groups excluding tert-OH is 2. The molecule has 0 aromatic heterocycles. The second-order valence-corrected chi connectivity index (χ2v) is 14.3. The highest BCUT2D eigenvalue weighted by Gasteiger charge is 2.20. The van der Waals surface area contributed by atoms with Crippen LogP contribution in [0.3, 0.4) is 0 Å². The molecule has 0 spiro atoms. The zero-order chi connectivity index (χ0) is 42.1. The van der Waals surface area contributed by atoms with E-state index < -0.39 is 12.2 Å². The molecule has 10 nitrogen and oxygen atoms in total. The Kier molecular flexibility index (Phi) is 16.5. The monoisotopic (exact) mass is 814 g/mol. The summed E-state index contributed by atoms with van der Waals surface area (Å²) in [5, 5.41) is 22.1. The quantitative estimate of drug-likeness (QED) is 0.0650. The van der Waals surface area contributed by atoms with Crippen molar-refractivity contribution in [1.82, 2.24) is 0 Å². The van der Waals surface area contributed by atoms with Crippen molar-refractivity contribution >= 4 is 0 Å². The standard InChI is InChI=1S/C50H54O10/c1-53-27-39-23-37(24-40(28-54-2)49(39)59-33-43(51)31-57-47-21-13-11-19-45(47)35-15-7-5-8-16-35)38-25-41(29-55-3)50(42(26-38)30-56-4)60-34-44(52)32-58-48-22-14-12-20-46(48)36-17-9-6-10-18-36/h5-26,43-44,51-52H,27-34H2,1-4H3. The fraction of sp³-hybridized carbons (Fsp3) is 0.280. The summed E-state index contributed by atoms with van der Waals surface area (Å²) < 4.78 is 47.4. The van der Waals surface area contributed by atoms with Crippen LogP contribution < -0.4 is 18.9 Å². The van der Waals surface area contributed by atoms with Crippen LogP contribution in [-0.2, 0) is 45.4 Å². The van der Waals surface area contributed by atoms with Crippen LogP contribution in [0.1, 0.15) is 22.3 Å². The number of ether oxygens (including phenoxy) is 8. The molecular formula is C50H54O10. The molecule has 60 heavy (non-hydrogen) atoms. The van der Waals surface area contributed by atoms with Crippen molar-refractivity contribution in [2.45, 2.75) is 38.6 Å². The minimum Gasteiger partial charge on any atom is -0.490 e. The van der Waals surface area contributed by atoms with Crippen molar-refractivity contribution in [2.24, 2.45) is 0 Å². The largest absolute Gasteiger partial charge is 0.490 e. The van der Waals surface area contributed by atoms with Gasteiger partial charge in [-0.25, -0.2) is 0 Å². The van der Waals surface area contributed by atoms with E-state index in [4.69, 9.17) is 37.9 Å². The number of para-hydroxylation sites is 2. The van der Waals surface area contributed by atoms with E-state index in [0.29, 0.717) is 23.0 Å². The minimum atomic E-state index is -0.921. The van der Waals surface area contributed by atoms with Gasteiger partial charge >= 0.3 is 0 Å². The molecule has 0 amide bonds. The molecule has 2 N–H and O–H groups in total. The summed E-state index contributed by atoms with van der Waals surface area (Å²) in [6, 6.07) is 43.5. The SMILES string of the molecule is COCc1cc(-c2cc(COC)c(OCC(O)COc3ccccc3-c3ccccc3)c(COC)c2)cc(COC)c1OCC(O)COc1ccccc1-c1ccccc1. The molecule has 0 saturated heterocycles. The molecule has 6 aromatic carbocycles. The average Bonchev–Trinajstić information content (AvgIpc) is 3.28. The number of hydrogen-bond donors (Lipinski definition) is 2. The van der Waals surface area contributed by atoms with Crippen LogP contribution >= 0.6 is 0 Å². The summed E-state index contributed by atoms with van der Waals surface area (Å²) in [7, 11) is 6.50. The van der Waals surface area contributed by atoms with Gasteiger partial charge in [-0.05, 0) is 58.7 Å². The smallest absolute Gasteiger partial charge is 0.130 e. The number of hydrogen-bond acceptors (Lipinski definition) is 10. The molecule has 0 fully saturated rings. The Morgan fingerprint density at radius 3 is 1.00 bits per heavy atom. The summed E-state index contributed by atoms with van der Waals surface area (Å²) in [4.78, 5) is 0. The predicted octanol–water partition coefficient (Wildman–Crippen LogP) is 8.91. The third-order valence-electron chi connectivity index (χ3n) is 9.66. The second-order valence-electron chi connectivity index (χ2n) is 14.3. The van der Waals surface area contributed by atoms with Crippen LogP contribution in [0.25, 0.3) is 33.4 Å². The summed E-state index contributed by atoms with van der Waals surface area (Å²) in [6.45, 7) is 1.05. The molecule has 0 saturated carbocycles. The van der Waals surface area contributed by atoms with E-state index in [1.54, 1.807) is 28.4 Å². The van der Waals surface area contributed by atoms with E-state index in [1.165, 1.54) is 0 Å². The van der Waals surface area contributed by atoms with E-state index in [-0.39, 0.29) is 52.9 Å². The van der Waals surface area contributed by atoms with Crippen molar-refractivity contribution < 1.29 is 48.1 Å². The number of methoxy groups -OCH3 is 4. The molecule has 6 rings (SSSR count). The molecule has 6 aromatic rings. The van der Waals surface area contributed by atoms with Gasteiger partial charge < -0.3 is 48.1 Å². The van der Waals surface area contributed by atoms with E-state index in [2.05, 4.69) is 0 Å². The topological polar surface area (TPSA) is 114 Å². The van der Waals surface area contributed by atoms with Gasteiger partial charge in [-0.3, -0.25) is 0 Å². The third-order valence-corrected chi connectivity index (χ3v) is 9.66. The summed E-state index contributed by atoms with van der Waals surface area (Å²) >= 11 is 0. The molecule has 2 atom stereocenters. The Morgan fingerprint density at radius 1 is 0.367 bits per heavy atom. The number of rotatable bonds is 23. The van der Waals surface area contributed by atoms with Crippen molar-refractivity contribution in [3.05, 3.63) is 156 Å². The number of aliphatic hydroxyl groups is 2. The number of benzene rings is 6. The zero-order valence-electron chi connectivity index (χ0n) is 34.7. The van der Waals surface area contributed by atoms with Crippen LogP contribution in [0.15, 0.2) is 133 Å². The van der Waals surface area contributed by atoms with Crippen LogP contribution in [0.5, 0.6) is 23.0 Å². The van der Waals surface area contributed by atoms with Crippen LogP contribution in [0.4, 0.5) is 0 Å². The summed E-state index contributed by atoms with van der Waals surface area (Å²) in [6.07, 6.45) is -1.84. The second kappa shape index (κ2) is 22.6. The molecule has 0 aliphatic carbocycles. The normalized spacial score (nSPS) is 12.2. The van der Waals surface area contributed by atoms with E-state index in [9.17, 15) is 10.2 Å². The Morgan fingerprint density at radius 2 is 0.667 bits per heavy atom. The van der Waals surface area contributed by atoms with Gasteiger partial charge in [-0.1, -0.05) is 97.1 Å². The minimum absolute atomic E-state index is 0.0152. The molecular weight excluding hydrogens is 761 g/mol. The zero-order valence-corrected chi connectivity index (χ0v) is 34.7. The van der Waals surface area contributed by atoms with E-state index in [1.807, 2.05) is 133 Å². The lowest BCUT2D eigenvalue weighted by molar-refractivity contribution is 0.0603. The Bertz CT molecular complexity index is 2010. The molecule has 10 heteroatoms. The van der Waals surface area contributed by atoms with Crippen molar-refractivity contribution in [2.75, 3.05) is 54.9 Å². The van der Waals surface area contributed by atoms with Gasteiger partial charge in [0, 0.05) is 61.8 Å². The van der Waals surface area contributed by atoms with Gasteiger partial charge in [0.15, 0.2) is 0 Å². The van der Waals surface area contributed by atoms with Gasteiger partial charge in [0.2, 0.25) is 0 Å². The molecule has 0 aliphatic rings. The maximum atomic E-state index is 11.0. The van der Waals surface area contributed by atoms with Gasteiger partial charge in [0.1, 0.15) is 61.6 Å². The first kappa shape index (κ1) is 43.8. The fourth-order valence-corrected chi connectivity index (χ4v) is 6.99.